The summed E-state index contributed by atoms with van der Waals surface area (Å²) < 4.78 is 7.73. The second-order valence-corrected chi connectivity index (χ2v) is 7.52. The number of aliphatic imine (C=N–C) groups is 1. The summed E-state index contributed by atoms with van der Waals surface area (Å²) >= 11 is 0. The third kappa shape index (κ3) is 7.39. The van der Waals surface area contributed by atoms with Crippen LogP contribution in [-0.2, 0) is 7.05 Å². The predicted molar refractivity (Wildman–Crippen MR) is 138 cm³/mol. The second kappa shape index (κ2) is 12.5. The minimum Gasteiger partial charge on any atom is -0.494 e. The number of fused-ring (bicyclic) bond motifs is 1. The van der Waals surface area contributed by atoms with Crippen LogP contribution in [0.1, 0.15) is 18.0 Å². The van der Waals surface area contributed by atoms with Gasteiger partial charge in [0.1, 0.15) is 5.75 Å². The first-order chi connectivity index (χ1) is 14.6. The molecule has 0 aliphatic heterocycles. The Morgan fingerprint density at radius 2 is 1.94 bits per heavy atom. The Hall–Kier alpha value is -2.33. The number of likely N-dealkylation sites (N-methyl/N-ethyl adjacent to an activating group) is 1. The molecule has 0 aliphatic rings. The lowest BCUT2D eigenvalue weighted by molar-refractivity contribution is 0.297. The highest BCUT2D eigenvalue weighted by molar-refractivity contribution is 14.0. The summed E-state index contributed by atoms with van der Waals surface area (Å²) in [5, 5.41) is 13.5. The zero-order valence-corrected chi connectivity index (χ0v) is 21.0. The van der Waals surface area contributed by atoms with Gasteiger partial charge in [-0.15, -0.1) is 24.0 Å². The molecule has 1 unspecified atom stereocenters. The number of guanidine groups is 1. The fraction of sp³-hybridized carbons (Fsp3) is 0.391. The van der Waals surface area contributed by atoms with Gasteiger partial charge < -0.3 is 20.3 Å². The normalized spacial score (nSPS) is 12.5. The standard InChI is InChI=1S/C23H32N6O.HI/c1-24-23(26-16-22(28(2)3)20-15-27-29(4)17-20)25-12-7-13-30-21-11-10-18-8-5-6-9-19(18)14-21;/h5-6,8-11,14-15,17,22H,7,12-13,16H2,1-4H3,(H2,24,25,26);1H. The van der Waals surface area contributed by atoms with Crippen molar-refractivity contribution in [2.45, 2.75) is 12.5 Å². The number of rotatable bonds is 9. The summed E-state index contributed by atoms with van der Waals surface area (Å²) in [5.74, 6) is 1.69. The molecule has 0 aliphatic carbocycles. The van der Waals surface area contributed by atoms with E-state index in [1.165, 1.54) is 16.3 Å². The molecule has 0 spiro atoms. The molecule has 8 heteroatoms. The number of aryl methyl sites for hydroxylation is 1. The van der Waals surface area contributed by atoms with Crippen molar-refractivity contribution in [2.75, 3.05) is 40.8 Å². The largest absolute Gasteiger partial charge is 0.494 e. The first-order valence-corrected chi connectivity index (χ1v) is 10.3. The van der Waals surface area contributed by atoms with E-state index in [-0.39, 0.29) is 30.0 Å². The van der Waals surface area contributed by atoms with Gasteiger partial charge in [0.05, 0.1) is 18.8 Å². The van der Waals surface area contributed by atoms with Gasteiger partial charge in [-0.1, -0.05) is 30.3 Å². The molecule has 1 aromatic heterocycles. The Labute approximate surface area is 201 Å². The van der Waals surface area contributed by atoms with Gasteiger partial charge in [0, 0.05) is 38.9 Å². The topological polar surface area (TPSA) is 66.7 Å². The summed E-state index contributed by atoms with van der Waals surface area (Å²) in [6.07, 6.45) is 4.84. The van der Waals surface area contributed by atoms with E-state index < -0.39 is 0 Å². The molecule has 0 bridgehead atoms. The molecule has 0 saturated carbocycles. The van der Waals surface area contributed by atoms with Crippen molar-refractivity contribution in [3.05, 3.63) is 60.4 Å². The van der Waals surface area contributed by atoms with Crippen LogP contribution in [0.4, 0.5) is 0 Å². The highest BCUT2D eigenvalue weighted by Crippen LogP contribution is 2.20. The van der Waals surface area contributed by atoms with E-state index in [1.807, 2.05) is 42.3 Å². The van der Waals surface area contributed by atoms with Crippen LogP contribution in [-0.4, -0.2) is 61.5 Å². The minimum atomic E-state index is 0. The number of aromatic nitrogens is 2. The van der Waals surface area contributed by atoms with E-state index in [0.29, 0.717) is 6.61 Å². The number of nitrogens with one attached hydrogen (secondary N) is 2. The lowest BCUT2D eigenvalue weighted by Gasteiger charge is -2.24. The summed E-state index contributed by atoms with van der Waals surface area (Å²) in [4.78, 5) is 6.50. The van der Waals surface area contributed by atoms with Crippen LogP contribution in [0.3, 0.4) is 0 Å². The zero-order valence-electron chi connectivity index (χ0n) is 18.7. The Kier molecular flexibility index (Phi) is 10.1. The number of hydrogen-bond donors (Lipinski definition) is 2. The van der Waals surface area contributed by atoms with Crippen LogP contribution in [0.2, 0.25) is 0 Å². The number of halogens is 1. The lowest BCUT2D eigenvalue weighted by Crippen LogP contribution is -2.42. The average Bonchev–Trinajstić information content (AvgIpc) is 3.17. The summed E-state index contributed by atoms with van der Waals surface area (Å²) in [7, 11) is 7.86. The van der Waals surface area contributed by atoms with E-state index >= 15 is 0 Å². The van der Waals surface area contributed by atoms with E-state index in [9.17, 15) is 0 Å². The van der Waals surface area contributed by atoms with Gasteiger partial charge in [-0.25, -0.2) is 0 Å². The summed E-state index contributed by atoms with van der Waals surface area (Å²) in [6.45, 7) is 2.18. The van der Waals surface area contributed by atoms with Gasteiger partial charge in [0.2, 0.25) is 0 Å². The lowest BCUT2D eigenvalue weighted by atomic mass is 10.1. The monoisotopic (exact) mass is 536 g/mol. The quantitative estimate of drug-likeness (QED) is 0.190. The molecule has 0 radical (unpaired) electrons. The van der Waals surface area contributed by atoms with Gasteiger partial charge in [-0.3, -0.25) is 9.67 Å². The fourth-order valence-electron chi connectivity index (χ4n) is 3.35. The smallest absolute Gasteiger partial charge is 0.191 e. The molecular formula is C23H33IN6O. The molecule has 7 nitrogen and oxygen atoms in total. The number of nitrogens with zero attached hydrogens (tertiary/aromatic N) is 4. The first kappa shape index (κ1) is 24.9. The van der Waals surface area contributed by atoms with Crippen molar-refractivity contribution >= 4 is 40.7 Å². The minimum absolute atomic E-state index is 0. The molecule has 31 heavy (non-hydrogen) atoms. The van der Waals surface area contributed by atoms with Crippen LogP contribution >= 0.6 is 24.0 Å². The molecular weight excluding hydrogens is 503 g/mol. The van der Waals surface area contributed by atoms with Crippen molar-refractivity contribution in [1.82, 2.24) is 25.3 Å². The molecule has 2 N–H and O–H groups in total. The van der Waals surface area contributed by atoms with Crippen molar-refractivity contribution < 1.29 is 4.74 Å². The Bertz CT molecular complexity index is 971. The number of ether oxygens (including phenoxy) is 1. The molecule has 0 amide bonds. The highest BCUT2D eigenvalue weighted by Gasteiger charge is 2.16. The van der Waals surface area contributed by atoms with E-state index in [1.54, 1.807) is 7.05 Å². The maximum atomic E-state index is 5.90. The number of benzene rings is 2. The molecule has 3 aromatic rings. The van der Waals surface area contributed by atoms with E-state index in [0.717, 1.165) is 31.2 Å². The van der Waals surface area contributed by atoms with Crippen LogP contribution in [0.25, 0.3) is 10.8 Å². The van der Waals surface area contributed by atoms with Crippen molar-refractivity contribution in [3.8, 4) is 5.75 Å². The van der Waals surface area contributed by atoms with E-state index in [4.69, 9.17) is 4.74 Å². The Morgan fingerprint density at radius 3 is 2.61 bits per heavy atom. The van der Waals surface area contributed by atoms with Crippen molar-refractivity contribution in [3.63, 3.8) is 0 Å². The Balaban J connectivity index is 0.00000341. The van der Waals surface area contributed by atoms with Gasteiger partial charge in [-0.2, -0.15) is 5.10 Å². The van der Waals surface area contributed by atoms with Gasteiger partial charge in [-0.05, 0) is 43.4 Å². The van der Waals surface area contributed by atoms with Gasteiger partial charge in [0.25, 0.3) is 0 Å². The maximum absolute atomic E-state index is 5.90. The first-order valence-electron chi connectivity index (χ1n) is 10.3. The van der Waals surface area contributed by atoms with Crippen molar-refractivity contribution in [1.29, 1.82) is 0 Å². The Morgan fingerprint density at radius 1 is 1.16 bits per heavy atom. The summed E-state index contributed by atoms with van der Waals surface area (Å²) in [6, 6.07) is 14.7. The third-order valence-corrected chi connectivity index (χ3v) is 5.02. The van der Waals surface area contributed by atoms with Crippen molar-refractivity contribution in [2.24, 2.45) is 12.0 Å². The molecule has 1 atom stereocenters. The average molecular weight is 536 g/mol. The predicted octanol–water partition coefficient (Wildman–Crippen LogP) is 3.43. The highest BCUT2D eigenvalue weighted by atomic mass is 127. The SMILES string of the molecule is CN=C(NCCCOc1ccc2ccccc2c1)NCC(c1cnn(C)c1)N(C)C.I. The molecule has 3 rings (SSSR count). The maximum Gasteiger partial charge on any atom is 0.191 e. The van der Waals surface area contributed by atoms with Crippen LogP contribution in [0.5, 0.6) is 5.75 Å². The van der Waals surface area contributed by atoms with E-state index in [2.05, 4.69) is 64.0 Å². The van der Waals surface area contributed by atoms with Gasteiger partial charge >= 0.3 is 0 Å². The molecule has 2 aromatic carbocycles. The second-order valence-electron chi connectivity index (χ2n) is 7.52. The van der Waals surface area contributed by atoms with Gasteiger partial charge in [0.15, 0.2) is 5.96 Å². The summed E-state index contributed by atoms with van der Waals surface area (Å²) in [5.41, 5.74) is 1.18. The van der Waals surface area contributed by atoms with Crippen LogP contribution < -0.4 is 15.4 Å². The zero-order chi connectivity index (χ0) is 21.3. The number of hydrogen-bond acceptors (Lipinski definition) is 4. The third-order valence-electron chi connectivity index (χ3n) is 5.02. The fourth-order valence-corrected chi connectivity index (χ4v) is 3.35. The molecule has 0 fully saturated rings. The van der Waals surface area contributed by atoms with Crippen LogP contribution in [0.15, 0.2) is 59.9 Å². The molecule has 1 heterocycles. The molecule has 168 valence electrons. The molecule has 0 saturated heterocycles. The van der Waals surface area contributed by atoms with Crippen LogP contribution in [0, 0.1) is 0 Å².